The molecule has 0 aromatic carbocycles. The summed E-state index contributed by atoms with van der Waals surface area (Å²) in [5, 5.41) is 0. The van der Waals surface area contributed by atoms with Gasteiger partial charge in [-0.15, -0.1) is 0 Å². The molecule has 3 heteroatoms. The number of hydrogen-bond acceptors (Lipinski definition) is 3. The van der Waals surface area contributed by atoms with Crippen molar-refractivity contribution >= 4 is 0 Å². The standard InChI is InChI=1S/C11H20O3.CH4/c1-4-5-6-8-7-9-10(12-8)14-11(2,3)13-9;/h8-10H,4-7H2,1-3H3;1H4/t8-,9+,10+;/m0./s1. The van der Waals surface area contributed by atoms with Gasteiger partial charge in [0.05, 0.1) is 6.10 Å². The summed E-state index contributed by atoms with van der Waals surface area (Å²) >= 11 is 0. The maximum Gasteiger partial charge on any atom is 0.187 e. The molecule has 0 saturated carbocycles. The molecule has 2 aliphatic heterocycles. The van der Waals surface area contributed by atoms with E-state index >= 15 is 0 Å². The largest absolute Gasteiger partial charge is 0.346 e. The molecule has 0 N–H and O–H groups in total. The average Bonchev–Trinajstić information content (AvgIpc) is 2.53. The van der Waals surface area contributed by atoms with E-state index in [2.05, 4.69) is 6.92 Å². The van der Waals surface area contributed by atoms with Gasteiger partial charge in [0.25, 0.3) is 0 Å². The van der Waals surface area contributed by atoms with Gasteiger partial charge in [-0.2, -0.15) is 0 Å². The maximum absolute atomic E-state index is 5.78. The van der Waals surface area contributed by atoms with Crippen molar-refractivity contribution in [2.75, 3.05) is 0 Å². The number of rotatable bonds is 3. The van der Waals surface area contributed by atoms with Crippen molar-refractivity contribution in [2.45, 2.75) is 78.2 Å². The Hall–Kier alpha value is -0.120. The third-order valence-corrected chi connectivity index (χ3v) is 2.84. The van der Waals surface area contributed by atoms with Gasteiger partial charge in [-0.1, -0.05) is 27.2 Å². The number of ether oxygens (including phenoxy) is 3. The zero-order valence-corrected chi connectivity index (χ0v) is 9.29. The summed E-state index contributed by atoms with van der Waals surface area (Å²) in [6.45, 7) is 6.08. The smallest absolute Gasteiger partial charge is 0.187 e. The molecule has 2 fully saturated rings. The molecular formula is C12H24O3. The van der Waals surface area contributed by atoms with E-state index in [4.69, 9.17) is 14.2 Å². The molecule has 0 aliphatic carbocycles. The Morgan fingerprint density at radius 2 is 2.00 bits per heavy atom. The van der Waals surface area contributed by atoms with E-state index in [-0.39, 0.29) is 19.8 Å². The fourth-order valence-corrected chi connectivity index (χ4v) is 2.20. The minimum Gasteiger partial charge on any atom is -0.346 e. The lowest BCUT2D eigenvalue weighted by Gasteiger charge is -2.20. The fraction of sp³-hybridized carbons (Fsp3) is 1.00. The van der Waals surface area contributed by atoms with Crippen LogP contribution < -0.4 is 0 Å². The molecule has 15 heavy (non-hydrogen) atoms. The summed E-state index contributed by atoms with van der Waals surface area (Å²) in [7, 11) is 0. The van der Waals surface area contributed by atoms with Crippen molar-refractivity contribution in [3.05, 3.63) is 0 Å². The van der Waals surface area contributed by atoms with E-state index in [0.29, 0.717) is 6.10 Å². The van der Waals surface area contributed by atoms with Gasteiger partial charge in [0.2, 0.25) is 0 Å². The molecule has 0 unspecified atom stereocenters. The molecule has 0 aromatic rings. The SMILES string of the molecule is C.CCCC[C@H]1C[C@H]2OC(C)(C)O[C@H]2O1. The zero-order valence-electron chi connectivity index (χ0n) is 9.29. The molecule has 0 spiro atoms. The van der Waals surface area contributed by atoms with E-state index < -0.39 is 5.79 Å². The van der Waals surface area contributed by atoms with E-state index in [1.807, 2.05) is 13.8 Å². The number of hydrogen-bond donors (Lipinski definition) is 0. The third kappa shape index (κ3) is 2.92. The van der Waals surface area contributed by atoms with Crippen LogP contribution in [-0.2, 0) is 14.2 Å². The van der Waals surface area contributed by atoms with Crippen molar-refractivity contribution in [1.82, 2.24) is 0 Å². The predicted molar refractivity (Wildman–Crippen MR) is 59.6 cm³/mol. The van der Waals surface area contributed by atoms with Gasteiger partial charge in [-0.3, -0.25) is 0 Å². The Kier molecular flexibility index (Phi) is 4.15. The molecule has 3 atom stereocenters. The lowest BCUT2D eigenvalue weighted by Crippen LogP contribution is -2.24. The van der Waals surface area contributed by atoms with Crippen molar-refractivity contribution < 1.29 is 14.2 Å². The first-order chi connectivity index (χ1) is 6.61. The zero-order chi connectivity index (χ0) is 10.2. The van der Waals surface area contributed by atoms with Gasteiger partial charge in [0, 0.05) is 6.42 Å². The molecule has 2 rings (SSSR count). The highest BCUT2D eigenvalue weighted by Gasteiger charge is 2.48. The molecule has 0 aromatic heterocycles. The summed E-state index contributed by atoms with van der Waals surface area (Å²) in [5.74, 6) is -0.453. The van der Waals surface area contributed by atoms with Crippen molar-refractivity contribution in [1.29, 1.82) is 0 Å². The minimum atomic E-state index is -0.453. The monoisotopic (exact) mass is 216 g/mol. The predicted octanol–water partition coefficient (Wildman–Crippen LogP) is 3.08. The van der Waals surface area contributed by atoms with E-state index in [0.717, 1.165) is 12.8 Å². The van der Waals surface area contributed by atoms with E-state index in [1.54, 1.807) is 0 Å². The topological polar surface area (TPSA) is 27.7 Å². The molecule has 0 radical (unpaired) electrons. The van der Waals surface area contributed by atoms with Crippen molar-refractivity contribution in [2.24, 2.45) is 0 Å². The summed E-state index contributed by atoms with van der Waals surface area (Å²) in [6, 6.07) is 0. The van der Waals surface area contributed by atoms with Crippen LogP contribution in [0.2, 0.25) is 0 Å². The highest BCUT2D eigenvalue weighted by molar-refractivity contribution is 4.84. The molecule has 2 saturated heterocycles. The second-order valence-electron chi connectivity index (χ2n) is 4.68. The minimum absolute atomic E-state index is 0. The molecule has 0 amide bonds. The fourth-order valence-electron chi connectivity index (χ4n) is 2.20. The Morgan fingerprint density at radius 1 is 1.27 bits per heavy atom. The van der Waals surface area contributed by atoms with E-state index in [1.165, 1.54) is 12.8 Å². The summed E-state index contributed by atoms with van der Waals surface area (Å²) in [4.78, 5) is 0. The summed E-state index contributed by atoms with van der Waals surface area (Å²) in [6.07, 6.45) is 4.97. The normalized spacial score (nSPS) is 37.4. The lowest BCUT2D eigenvalue weighted by atomic mass is 10.1. The van der Waals surface area contributed by atoms with Gasteiger partial charge >= 0.3 is 0 Å². The van der Waals surface area contributed by atoms with Gasteiger partial charge in [0.15, 0.2) is 12.1 Å². The Labute approximate surface area is 93.1 Å². The first-order valence-corrected chi connectivity index (χ1v) is 5.62. The molecule has 3 nitrogen and oxygen atoms in total. The van der Waals surface area contributed by atoms with Crippen LogP contribution in [-0.4, -0.2) is 24.3 Å². The van der Waals surface area contributed by atoms with Crippen LogP contribution in [0.3, 0.4) is 0 Å². The Bertz CT molecular complexity index is 187. The van der Waals surface area contributed by atoms with Gasteiger partial charge in [-0.05, 0) is 20.3 Å². The van der Waals surface area contributed by atoms with Crippen LogP contribution in [0.4, 0.5) is 0 Å². The van der Waals surface area contributed by atoms with Crippen LogP contribution in [0.15, 0.2) is 0 Å². The van der Waals surface area contributed by atoms with Crippen LogP contribution in [0, 0.1) is 0 Å². The van der Waals surface area contributed by atoms with Crippen molar-refractivity contribution in [3.8, 4) is 0 Å². The lowest BCUT2D eigenvalue weighted by molar-refractivity contribution is -0.205. The van der Waals surface area contributed by atoms with Crippen LogP contribution >= 0.6 is 0 Å². The highest BCUT2D eigenvalue weighted by atomic mass is 16.8. The average molecular weight is 216 g/mol. The Morgan fingerprint density at radius 3 is 2.60 bits per heavy atom. The summed E-state index contributed by atoms with van der Waals surface area (Å²) in [5.41, 5.74) is 0. The third-order valence-electron chi connectivity index (χ3n) is 2.84. The molecule has 2 aliphatic rings. The summed E-state index contributed by atoms with van der Waals surface area (Å²) < 4.78 is 17.1. The number of unbranched alkanes of at least 4 members (excludes halogenated alkanes) is 1. The first kappa shape index (κ1) is 12.9. The van der Waals surface area contributed by atoms with E-state index in [9.17, 15) is 0 Å². The number of fused-ring (bicyclic) bond motifs is 1. The molecular weight excluding hydrogens is 192 g/mol. The van der Waals surface area contributed by atoms with Crippen molar-refractivity contribution in [3.63, 3.8) is 0 Å². The van der Waals surface area contributed by atoms with Gasteiger partial charge in [-0.25, -0.2) is 0 Å². The second-order valence-corrected chi connectivity index (χ2v) is 4.68. The van der Waals surface area contributed by atoms with Crippen LogP contribution in [0.25, 0.3) is 0 Å². The van der Waals surface area contributed by atoms with Crippen LogP contribution in [0.1, 0.15) is 53.9 Å². The molecule has 90 valence electrons. The van der Waals surface area contributed by atoms with Crippen LogP contribution in [0.5, 0.6) is 0 Å². The van der Waals surface area contributed by atoms with Gasteiger partial charge < -0.3 is 14.2 Å². The quantitative estimate of drug-likeness (QED) is 0.725. The Balaban J connectivity index is 0.00000112. The second kappa shape index (κ2) is 4.81. The maximum atomic E-state index is 5.78. The molecule has 0 bridgehead atoms. The van der Waals surface area contributed by atoms with Gasteiger partial charge in [0.1, 0.15) is 6.10 Å². The highest BCUT2D eigenvalue weighted by Crippen LogP contribution is 2.38. The first-order valence-electron chi connectivity index (χ1n) is 5.62. The molecule has 2 heterocycles.